The van der Waals surface area contributed by atoms with Crippen LogP contribution in [-0.2, 0) is 0 Å². The molecule has 0 unspecified atom stereocenters. The quantitative estimate of drug-likeness (QED) is 0.574. The van der Waals surface area contributed by atoms with Crippen LogP contribution in [0.25, 0.3) is 0 Å². The SMILES string of the molecule is [CH2]Sc1ccc(C)c(C)c1C. The minimum atomic E-state index is 1.29. The summed E-state index contributed by atoms with van der Waals surface area (Å²) in [7, 11) is 0. The van der Waals surface area contributed by atoms with E-state index < -0.39 is 0 Å². The average Bonchev–Trinajstić information content (AvgIpc) is 2.01. The molecule has 1 radical (unpaired) electrons. The summed E-state index contributed by atoms with van der Waals surface area (Å²) in [6.45, 7) is 6.44. The molecule has 0 atom stereocenters. The summed E-state index contributed by atoms with van der Waals surface area (Å²) in [5.74, 6) is 0. The first-order chi connectivity index (χ1) is 5.16. The van der Waals surface area contributed by atoms with E-state index in [1.807, 2.05) is 0 Å². The molecule has 0 fully saturated rings. The van der Waals surface area contributed by atoms with E-state index in [0.717, 1.165) is 0 Å². The topological polar surface area (TPSA) is 0 Å². The monoisotopic (exact) mass is 165 g/mol. The van der Waals surface area contributed by atoms with Gasteiger partial charge in [0, 0.05) is 11.2 Å². The number of benzene rings is 1. The Morgan fingerprint density at radius 3 is 2.27 bits per heavy atom. The largest absolute Gasteiger partial charge is 0.125 e. The predicted octanol–water partition coefficient (Wildman–Crippen LogP) is 3.50. The molecule has 0 saturated heterocycles. The second-order valence-corrected chi connectivity index (χ2v) is 3.50. The Hall–Kier alpha value is -0.430. The first kappa shape index (κ1) is 8.66. The van der Waals surface area contributed by atoms with Gasteiger partial charge in [-0.3, -0.25) is 0 Å². The van der Waals surface area contributed by atoms with Crippen LogP contribution in [0.5, 0.6) is 0 Å². The summed E-state index contributed by atoms with van der Waals surface area (Å²) in [5.41, 5.74) is 4.11. The molecule has 0 bridgehead atoms. The van der Waals surface area contributed by atoms with Crippen molar-refractivity contribution < 1.29 is 0 Å². The highest BCUT2D eigenvalue weighted by atomic mass is 32.2. The lowest BCUT2D eigenvalue weighted by Crippen LogP contribution is -1.87. The summed E-state index contributed by atoms with van der Waals surface area (Å²) in [6, 6.07) is 4.28. The zero-order valence-electron chi connectivity index (χ0n) is 7.27. The van der Waals surface area contributed by atoms with Crippen LogP contribution >= 0.6 is 11.8 Å². The average molecular weight is 165 g/mol. The van der Waals surface area contributed by atoms with Crippen molar-refractivity contribution in [1.29, 1.82) is 0 Å². The van der Waals surface area contributed by atoms with E-state index in [1.165, 1.54) is 21.6 Å². The fourth-order valence-electron chi connectivity index (χ4n) is 1.09. The van der Waals surface area contributed by atoms with Gasteiger partial charge in [0.2, 0.25) is 0 Å². The maximum atomic E-state index is 3.80. The minimum Gasteiger partial charge on any atom is -0.125 e. The summed E-state index contributed by atoms with van der Waals surface area (Å²) >= 11 is 1.57. The fraction of sp³-hybridized carbons (Fsp3) is 0.300. The van der Waals surface area contributed by atoms with E-state index in [1.54, 1.807) is 11.8 Å². The van der Waals surface area contributed by atoms with Crippen LogP contribution in [0.2, 0.25) is 0 Å². The zero-order valence-corrected chi connectivity index (χ0v) is 8.09. The van der Waals surface area contributed by atoms with Crippen molar-refractivity contribution >= 4 is 11.8 Å². The normalized spacial score (nSPS) is 10.2. The van der Waals surface area contributed by atoms with Gasteiger partial charge in [-0.2, -0.15) is 0 Å². The van der Waals surface area contributed by atoms with Gasteiger partial charge in [-0.15, -0.1) is 11.8 Å². The molecule has 0 N–H and O–H groups in total. The smallest absolute Gasteiger partial charge is 0.0104 e. The van der Waals surface area contributed by atoms with Gasteiger partial charge in [0.1, 0.15) is 0 Å². The molecule has 59 valence electrons. The standard InChI is InChI=1S/C10H13S/c1-7-5-6-10(11-4)9(3)8(7)2/h5-6H,4H2,1-3H3. The number of aryl methyl sites for hydroxylation is 1. The zero-order chi connectivity index (χ0) is 8.43. The van der Waals surface area contributed by atoms with Crippen LogP contribution in [0.1, 0.15) is 16.7 Å². The van der Waals surface area contributed by atoms with Crippen LogP contribution < -0.4 is 0 Å². The second-order valence-electron chi connectivity index (χ2n) is 2.77. The lowest BCUT2D eigenvalue weighted by molar-refractivity contribution is 1.19. The molecule has 0 amide bonds. The van der Waals surface area contributed by atoms with Crippen LogP contribution in [0.15, 0.2) is 17.0 Å². The van der Waals surface area contributed by atoms with Crippen molar-refractivity contribution in [2.24, 2.45) is 0 Å². The Morgan fingerprint density at radius 1 is 1.09 bits per heavy atom. The Labute approximate surface area is 73.0 Å². The van der Waals surface area contributed by atoms with Crippen LogP contribution in [0.4, 0.5) is 0 Å². The molecule has 1 heteroatoms. The molecular weight excluding hydrogens is 152 g/mol. The Balaban J connectivity index is 3.25. The third kappa shape index (κ3) is 1.59. The maximum Gasteiger partial charge on any atom is 0.0104 e. The number of hydrogen-bond donors (Lipinski definition) is 0. The Bertz CT molecular complexity index is 264. The summed E-state index contributed by atoms with van der Waals surface area (Å²) in [5, 5.41) is 0. The van der Waals surface area contributed by atoms with Crippen LogP contribution in [0, 0.1) is 27.0 Å². The van der Waals surface area contributed by atoms with E-state index in [0.29, 0.717) is 0 Å². The Morgan fingerprint density at radius 2 is 1.73 bits per heavy atom. The van der Waals surface area contributed by atoms with Crippen molar-refractivity contribution in [1.82, 2.24) is 0 Å². The van der Waals surface area contributed by atoms with E-state index in [2.05, 4.69) is 39.2 Å². The van der Waals surface area contributed by atoms with Gasteiger partial charge in [-0.05, 0) is 43.5 Å². The molecule has 11 heavy (non-hydrogen) atoms. The number of rotatable bonds is 1. The summed E-state index contributed by atoms with van der Waals surface area (Å²) < 4.78 is 0. The number of hydrogen-bond acceptors (Lipinski definition) is 1. The van der Waals surface area contributed by atoms with Crippen molar-refractivity contribution in [3.8, 4) is 0 Å². The number of thioether (sulfide) groups is 1. The van der Waals surface area contributed by atoms with Crippen molar-refractivity contribution in [2.75, 3.05) is 0 Å². The molecule has 0 aliphatic rings. The van der Waals surface area contributed by atoms with Crippen molar-refractivity contribution in [2.45, 2.75) is 25.7 Å². The van der Waals surface area contributed by atoms with Gasteiger partial charge in [-0.1, -0.05) is 6.07 Å². The molecule has 1 aromatic carbocycles. The minimum absolute atomic E-state index is 1.29. The first-order valence-electron chi connectivity index (χ1n) is 3.65. The molecular formula is C10H13S. The highest BCUT2D eigenvalue weighted by Gasteiger charge is 2.00. The van der Waals surface area contributed by atoms with Gasteiger partial charge < -0.3 is 0 Å². The molecule has 1 rings (SSSR count). The van der Waals surface area contributed by atoms with E-state index in [-0.39, 0.29) is 0 Å². The first-order valence-corrected chi connectivity index (χ1v) is 4.64. The van der Waals surface area contributed by atoms with E-state index in [9.17, 15) is 0 Å². The van der Waals surface area contributed by atoms with Gasteiger partial charge in [0.15, 0.2) is 0 Å². The van der Waals surface area contributed by atoms with Gasteiger partial charge in [0.05, 0.1) is 0 Å². The van der Waals surface area contributed by atoms with E-state index >= 15 is 0 Å². The second kappa shape index (κ2) is 3.31. The molecule has 0 aliphatic carbocycles. The Kier molecular flexibility index (Phi) is 2.61. The summed E-state index contributed by atoms with van der Waals surface area (Å²) in [6.07, 6.45) is 3.80. The molecule has 0 aliphatic heterocycles. The summed E-state index contributed by atoms with van der Waals surface area (Å²) in [4.78, 5) is 1.29. The molecule has 0 nitrogen and oxygen atoms in total. The molecule has 1 aromatic rings. The molecule has 0 saturated carbocycles. The molecule has 0 aromatic heterocycles. The highest BCUT2D eigenvalue weighted by Crippen LogP contribution is 2.25. The van der Waals surface area contributed by atoms with Crippen molar-refractivity contribution in [3.05, 3.63) is 35.1 Å². The van der Waals surface area contributed by atoms with Crippen LogP contribution in [-0.4, -0.2) is 0 Å². The van der Waals surface area contributed by atoms with Crippen LogP contribution in [0.3, 0.4) is 0 Å². The lowest BCUT2D eigenvalue weighted by Gasteiger charge is -2.07. The van der Waals surface area contributed by atoms with E-state index in [4.69, 9.17) is 0 Å². The van der Waals surface area contributed by atoms with Gasteiger partial charge in [-0.25, -0.2) is 0 Å². The van der Waals surface area contributed by atoms with Crippen molar-refractivity contribution in [3.63, 3.8) is 0 Å². The fourth-order valence-corrected chi connectivity index (χ4v) is 1.62. The lowest BCUT2D eigenvalue weighted by atomic mass is 10.1. The third-order valence-corrected chi connectivity index (χ3v) is 2.92. The maximum absolute atomic E-state index is 3.80. The van der Waals surface area contributed by atoms with Gasteiger partial charge in [0.25, 0.3) is 0 Å². The van der Waals surface area contributed by atoms with Gasteiger partial charge >= 0.3 is 0 Å². The third-order valence-electron chi connectivity index (χ3n) is 2.16. The molecule has 0 heterocycles. The predicted molar refractivity (Wildman–Crippen MR) is 51.9 cm³/mol. The molecule has 0 spiro atoms. The highest BCUT2D eigenvalue weighted by molar-refractivity contribution is 8.00.